The highest BCUT2D eigenvalue weighted by Crippen LogP contribution is 2.27. The van der Waals surface area contributed by atoms with Crippen LogP contribution in [0.1, 0.15) is 29.6 Å². The van der Waals surface area contributed by atoms with Gasteiger partial charge in [-0.3, -0.25) is 10.1 Å². The molecule has 0 saturated carbocycles. The number of nitro benzene ring substituents is 1. The maximum absolute atomic E-state index is 12.1. The van der Waals surface area contributed by atoms with Gasteiger partial charge in [0.15, 0.2) is 0 Å². The Balaban J connectivity index is 2.05. The van der Waals surface area contributed by atoms with E-state index in [1.807, 2.05) is 0 Å². The van der Waals surface area contributed by atoms with Crippen molar-refractivity contribution in [3.8, 4) is 0 Å². The molecule has 1 atom stereocenters. The topological polar surface area (TPSA) is 118 Å². The van der Waals surface area contributed by atoms with E-state index in [4.69, 9.17) is 4.42 Å². The molecule has 0 aliphatic carbocycles. The first-order valence-corrected chi connectivity index (χ1v) is 7.70. The Labute approximate surface area is 145 Å². The van der Waals surface area contributed by atoms with E-state index in [2.05, 4.69) is 10.6 Å². The minimum atomic E-state index is -1.31. The van der Waals surface area contributed by atoms with Gasteiger partial charge in [-0.25, -0.2) is 4.79 Å². The molecular formula is C17H21N3O5. The summed E-state index contributed by atoms with van der Waals surface area (Å²) in [5.74, 6) is 1.25. The fraction of sp³-hybridized carbons (Fsp3) is 0.353. The largest absolute Gasteiger partial charge is 0.466 e. The number of aryl methyl sites for hydroxylation is 2. The molecular weight excluding hydrogens is 326 g/mol. The number of nitrogens with one attached hydrogen (secondary N) is 2. The van der Waals surface area contributed by atoms with E-state index in [-0.39, 0.29) is 12.2 Å². The van der Waals surface area contributed by atoms with Crippen molar-refractivity contribution in [2.24, 2.45) is 0 Å². The lowest BCUT2D eigenvalue weighted by atomic mass is 9.96. The number of hydrogen-bond donors (Lipinski definition) is 3. The van der Waals surface area contributed by atoms with Crippen molar-refractivity contribution in [1.29, 1.82) is 0 Å². The number of aliphatic hydroxyl groups is 1. The standard InChI is InChI=1S/C17H21N3O5/c1-10-8-13(12(3)25-10)17(4,22)9-18-16(21)19-14-6-5-7-15(11(14)2)20(23)24/h5-8,22H,9H2,1-4H3,(H2,18,19,21). The molecule has 25 heavy (non-hydrogen) atoms. The predicted octanol–water partition coefficient (Wildman–Crippen LogP) is 3.14. The zero-order valence-electron chi connectivity index (χ0n) is 14.5. The number of rotatable bonds is 5. The summed E-state index contributed by atoms with van der Waals surface area (Å²) in [5, 5.41) is 26.6. The summed E-state index contributed by atoms with van der Waals surface area (Å²) in [4.78, 5) is 22.5. The third-order valence-electron chi connectivity index (χ3n) is 3.96. The second-order valence-corrected chi connectivity index (χ2v) is 6.12. The van der Waals surface area contributed by atoms with E-state index in [1.165, 1.54) is 12.1 Å². The number of anilines is 1. The molecule has 1 aromatic heterocycles. The molecule has 2 rings (SSSR count). The number of carbonyl (C=O) groups is 1. The first-order chi connectivity index (χ1) is 11.6. The maximum Gasteiger partial charge on any atom is 0.319 e. The smallest absolute Gasteiger partial charge is 0.319 e. The van der Waals surface area contributed by atoms with Crippen molar-refractivity contribution in [3.05, 3.63) is 57.0 Å². The van der Waals surface area contributed by atoms with Gasteiger partial charge in [-0.1, -0.05) is 6.07 Å². The van der Waals surface area contributed by atoms with Crippen molar-refractivity contribution in [3.63, 3.8) is 0 Å². The lowest BCUT2D eigenvalue weighted by Crippen LogP contribution is -2.40. The molecule has 2 aromatic rings. The summed E-state index contributed by atoms with van der Waals surface area (Å²) in [6.45, 7) is 6.60. The summed E-state index contributed by atoms with van der Waals surface area (Å²) < 4.78 is 5.40. The van der Waals surface area contributed by atoms with Crippen LogP contribution in [0.3, 0.4) is 0 Å². The number of carbonyl (C=O) groups excluding carboxylic acids is 1. The molecule has 0 radical (unpaired) electrons. The van der Waals surface area contributed by atoms with Gasteiger partial charge >= 0.3 is 6.03 Å². The molecule has 3 N–H and O–H groups in total. The molecule has 0 saturated heterocycles. The quantitative estimate of drug-likeness (QED) is 0.567. The summed E-state index contributed by atoms with van der Waals surface area (Å²) in [5.41, 5.74) is -0.0970. The number of nitrogens with zero attached hydrogens (tertiary/aromatic N) is 1. The summed E-state index contributed by atoms with van der Waals surface area (Å²) >= 11 is 0. The predicted molar refractivity (Wildman–Crippen MR) is 92.6 cm³/mol. The molecule has 0 bridgehead atoms. The van der Waals surface area contributed by atoms with E-state index in [0.717, 1.165) is 0 Å². The highest BCUT2D eigenvalue weighted by molar-refractivity contribution is 5.90. The van der Waals surface area contributed by atoms with Gasteiger partial charge in [0.25, 0.3) is 5.69 Å². The van der Waals surface area contributed by atoms with Crippen LogP contribution in [0.15, 0.2) is 28.7 Å². The average molecular weight is 347 g/mol. The monoisotopic (exact) mass is 347 g/mol. The number of benzene rings is 1. The Morgan fingerprint density at radius 2 is 2.04 bits per heavy atom. The number of furan rings is 1. The first-order valence-electron chi connectivity index (χ1n) is 7.70. The maximum atomic E-state index is 12.1. The second kappa shape index (κ2) is 6.94. The molecule has 1 unspecified atom stereocenters. The van der Waals surface area contributed by atoms with E-state index >= 15 is 0 Å². The van der Waals surface area contributed by atoms with Gasteiger partial charge in [0, 0.05) is 11.6 Å². The molecule has 2 amide bonds. The molecule has 134 valence electrons. The molecule has 0 aliphatic heterocycles. The third kappa shape index (κ3) is 4.16. The van der Waals surface area contributed by atoms with Crippen molar-refractivity contribution in [1.82, 2.24) is 5.32 Å². The molecule has 1 aromatic carbocycles. The van der Waals surface area contributed by atoms with Crippen LogP contribution in [0.5, 0.6) is 0 Å². The Morgan fingerprint density at radius 1 is 1.36 bits per heavy atom. The number of nitro groups is 1. The summed E-state index contributed by atoms with van der Waals surface area (Å²) in [7, 11) is 0. The minimum Gasteiger partial charge on any atom is -0.466 e. The Bertz CT molecular complexity index is 811. The molecule has 0 spiro atoms. The van der Waals surface area contributed by atoms with Gasteiger partial charge in [-0.05, 0) is 39.8 Å². The molecule has 8 nitrogen and oxygen atoms in total. The van der Waals surface area contributed by atoms with E-state index in [9.17, 15) is 20.0 Å². The zero-order valence-corrected chi connectivity index (χ0v) is 14.5. The van der Waals surface area contributed by atoms with Crippen LogP contribution in [0, 0.1) is 30.9 Å². The highest BCUT2D eigenvalue weighted by Gasteiger charge is 2.28. The normalized spacial score (nSPS) is 13.2. The van der Waals surface area contributed by atoms with Crippen molar-refractivity contribution >= 4 is 17.4 Å². The van der Waals surface area contributed by atoms with Crippen LogP contribution in [-0.4, -0.2) is 22.6 Å². The second-order valence-electron chi connectivity index (χ2n) is 6.12. The Kier molecular flexibility index (Phi) is 5.13. The van der Waals surface area contributed by atoms with Crippen LogP contribution in [0.25, 0.3) is 0 Å². The van der Waals surface area contributed by atoms with Crippen molar-refractivity contribution < 1.29 is 19.2 Å². The fourth-order valence-corrected chi connectivity index (χ4v) is 2.64. The van der Waals surface area contributed by atoms with Gasteiger partial charge in [0.05, 0.1) is 22.7 Å². The van der Waals surface area contributed by atoms with E-state index < -0.39 is 16.6 Å². The SMILES string of the molecule is Cc1cc(C(C)(O)CNC(=O)Nc2cccc([N+](=O)[O-])c2C)c(C)o1. The Hall–Kier alpha value is -2.87. The lowest BCUT2D eigenvalue weighted by Gasteiger charge is -2.23. The summed E-state index contributed by atoms with van der Waals surface area (Å²) in [6.07, 6.45) is 0. The molecule has 0 aliphatic rings. The molecule has 0 fully saturated rings. The molecule has 8 heteroatoms. The zero-order chi connectivity index (χ0) is 18.8. The number of amides is 2. The van der Waals surface area contributed by atoms with Crippen LogP contribution in [0.4, 0.5) is 16.2 Å². The Morgan fingerprint density at radius 3 is 2.60 bits per heavy atom. The van der Waals surface area contributed by atoms with Gasteiger partial charge in [0.2, 0.25) is 0 Å². The fourth-order valence-electron chi connectivity index (χ4n) is 2.64. The molecule has 1 heterocycles. The van der Waals surface area contributed by atoms with Crippen LogP contribution >= 0.6 is 0 Å². The number of hydrogen-bond acceptors (Lipinski definition) is 5. The van der Waals surface area contributed by atoms with Gasteiger partial charge < -0.3 is 20.2 Å². The van der Waals surface area contributed by atoms with Gasteiger partial charge in [0.1, 0.15) is 17.1 Å². The first kappa shape index (κ1) is 18.5. The van der Waals surface area contributed by atoms with Crippen molar-refractivity contribution in [2.45, 2.75) is 33.3 Å². The third-order valence-corrected chi connectivity index (χ3v) is 3.96. The van der Waals surface area contributed by atoms with Gasteiger partial charge in [-0.15, -0.1) is 0 Å². The van der Waals surface area contributed by atoms with Crippen molar-refractivity contribution in [2.75, 3.05) is 11.9 Å². The number of urea groups is 1. The summed E-state index contributed by atoms with van der Waals surface area (Å²) in [6, 6.07) is 5.59. The van der Waals surface area contributed by atoms with E-state index in [1.54, 1.807) is 39.8 Å². The lowest BCUT2D eigenvalue weighted by molar-refractivity contribution is -0.385. The average Bonchev–Trinajstić information content (AvgIpc) is 2.87. The van der Waals surface area contributed by atoms with Crippen LogP contribution < -0.4 is 10.6 Å². The van der Waals surface area contributed by atoms with Crippen LogP contribution in [0.2, 0.25) is 0 Å². The van der Waals surface area contributed by atoms with Crippen LogP contribution in [-0.2, 0) is 5.60 Å². The van der Waals surface area contributed by atoms with E-state index in [0.29, 0.717) is 28.3 Å². The highest BCUT2D eigenvalue weighted by atomic mass is 16.6. The van der Waals surface area contributed by atoms with Gasteiger partial charge in [-0.2, -0.15) is 0 Å². The minimum absolute atomic E-state index is 0.0490.